The number of sulfonamides is 1. The van der Waals surface area contributed by atoms with Crippen molar-refractivity contribution in [3.63, 3.8) is 0 Å². The van der Waals surface area contributed by atoms with Gasteiger partial charge in [0, 0.05) is 16.8 Å². The molecule has 0 aliphatic rings. The van der Waals surface area contributed by atoms with Gasteiger partial charge in [0.05, 0.1) is 19.0 Å². The summed E-state index contributed by atoms with van der Waals surface area (Å²) in [5.74, 6) is 0.213. The Morgan fingerprint density at radius 1 is 1.08 bits per heavy atom. The molecule has 0 bridgehead atoms. The number of ether oxygens (including phenoxy) is 1. The first kappa shape index (κ1) is 18.2. The van der Waals surface area contributed by atoms with Gasteiger partial charge in [-0.3, -0.25) is 9.71 Å². The maximum absolute atomic E-state index is 12.8. The second-order valence-corrected chi connectivity index (χ2v) is 7.77. The third-order valence-corrected chi connectivity index (χ3v) is 5.50. The largest absolute Gasteiger partial charge is 0.495 e. The minimum atomic E-state index is -3.89. The Kier molecular flexibility index (Phi) is 5.15. The molecule has 5 nitrogen and oxygen atoms in total. The van der Waals surface area contributed by atoms with Gasteiger partial charge in [-0.15, -0.1) is 0 Å². The van der Waals surface area contributed by atoms with Crippen molar-refractivity contribution in [3.05, 3.63) is 71.5 Å². The van der Waals surface area contributed by atoms with Crippen LogP contribution in [0.15, 0.2) is 65.8 Å². The zero-order chi connectivity index (χ0) is 18.7. The fourth-order valence-electron chi connectivity index (χ4n) is 2.61. The number of hydrogen-bond donors (Lipinski definition) is 1. The van der Waals surface area contributed by atoms with Crippen LogP contribution in [0.4, 0.5) is 5.69 Å². The Bertz CT molecular complexity index is 1050. The normalized spacial score (nSPS) is 11.2. The molecule has 0 fully saturated rings. The van der Waals surface area contributed by atoms with E-state index >= 15 is 0 Å². The summed E-state index contributed by atoms with van der Waals surface area (Å²) in [7, 11) is -2.48. The van der Waals surface area contributed by atoms with Crippen LogP contribution in [-0.4, -0.2) is 20.5 Å². The SMILES string of the molecule is COc1ccc(Cl)cc1S(=O)(=O)Nc1cncc(-c2ccccc2C)c1. The third kappa shape index (κ3) is 3.81. The number of methoxy groups -OCH3 is 1. The summed E-state index contributed by atoms with van der Waals surface area (Å²) in [5.41, 5.74) is 3.24. The predicted octanol–water partition coefficient (Wildman–Crippen LogP) is 4.52. The number of aryl methyl sites for hydroxylation is 1. The Morgan fingerprint density at radius 2 is 1.85 bits per heavy atom. The van der Waals surface area contributed by atoms with Gasteiger partial charge in [-0.1, -0.05) is 35.9 Å². The van der Waals surface area contributed by atoms with E-state index in [1.54, 1.807) is 18.3 Å². The number of aromatic nitrogens is 1. The molecule has 0 saturated carbocycles. The van der Waals surface area contributed by atoms with Crippen molar-refractivity contribution in [2.45, 2.75) is 11.8 Å². The summed E-state index contributed by atoms with van der Waals surface area (Å²) < 4.78 is 33.2. The molecule has 2 aromatic carbocycles. The van der Waals surface area contributed by atoms with Crippen LogP contribution in [0.1, 0.15) is 5.56 Å². The first-order valence-electron chi connectivity index (χ1n) is 7.78. The van der Waals surface area contributed by atoms with Crippen LogP contribution >= 0.6 is 11.6 Å². The molecule has 134 valence electrons. The molecule has 0 saturated heterocycles. The highest BCUT2D eigenvalue weighted by molar-refractivity contribution is 7.92. The van der Waals surface area contributed by atoms with Crippen molar-refractivity contribution in [2.75, 3.05) is 11.8 Å². The summed E-state index contributed by atoms with van der Waals surface area (Å²) >= 11 is 5.95. The lowest BCUT2D eigenvalue weighted by molar-refractivity contribution is 0.403. The Balaban J connectivity index is 1.98. The molecule has 1 heterocycles. The van der Waals surface area contributed by atoms with Gasteiger partial charge >= 0.3 is 0 Å². The molecule has 3 rings (SSSR count). The highest BCUT2D eigenvalue weighted by atomic mass is 35.5. The lowest BCUT2D eigenvalue weighted by Crippen LogP contribution is -2.14. The number of halogens is 1. The van der Waals surface area contributed by atoms with Crippen molar-refractivity contribution in [1.82, 2.24) is 4.98 Å². The molecule has 7 heteroatoms. The molecule has 26 heavy (non-hydrogen) atoms. The molecule has 0 amide bonds. The maximum atomic E-state index is 12.8. The van der Waals surface area contributed by atoms with Crippen LogP contribution < -0.4 is 9.46 Å². The first-order chi connectivity index (χ1) is 12.4. The van der Waals surface area contributed by atoms with Crippen LogP contribution in [0.5, 0.6) is 5.75 Å². The molecule has 0 aliphatic carbocycles. The lowest BCUT2D eigenvalue weighted by Gasteiger charge is -2.13. The highest BCUT2D eigenvalue weighted by Crippen LogP contribution is 2.30. The number of nitrogens with zero attached hydrogens (tertiary/aromatic N) is 1. The molecule has 1 aromatic heterocycles. The lowest BCUT2D eigenvalue weighted by atomic mass is 10.0. The number of pyridine rings is 1. The molecule has 0 unspecified atom stereocenters. The van der Waals surface area contributed by atoms with E-state index in [-0.39, 0.29) is 10.6 Å². The van der Waals surface area contributed by atoms with E-state index in [4.69, 9.17) is 16.3 Å². The standard InChI is InChI=1S/C19H17ClN2O3S/c1-13-5-3-4-6-17(13)14-9-16(12-21-11-14)22-26(23,24)19-10-15(20)7-8-18(19)25-2/h3-12,22H,1-2H3. The van der Waals surface area contributed by atoms with Gasteiger partial charge in [-0.05, 0) is 42.3 Å². The van der Waals surface area contributed by atoms with Crippen molar-refractivity contribution in [1.29, 1.82) is 0 Å². The fraction of sp³-hybridized carbons (Fsp3) is 0.105. The van der Waals surface area contributed by atoms with E-state index in [0.717, 1.165) is 16.7 Å². The van der Waals surface area contributed by atoms with E-state index in [2.05, 4.69) is 9.71 Å². The number of rotatable bonds is 5. The van der Waals surface area contributed by atoms with Crippen LogP contribution in [0.25, 0.3) is 11.1 Å². The quantitative estimate of drug-likeness (QED) is 0.697. The molecule has 0 radical (unpaired) electrons. The molecular formula is C19H17ClN2O3S. The molecular weight excluding hydrogens is 372 g/mol. The summed E-state index contributed by atoms with van der Waals surface area (Å²) in [4.78, 5) is 4.12. The summed E-state index contributed by atoms with van der Waals surface area (Å²) in [6.07, 6.45) is 3.15. The predicted molar refractivity (Wildman–Crippen MR) is 103 cm³/mol. The van der Waals surface area contributed by atoms with Crippen LogP contribution in [0.3, 0.4) is 0 Å². The van der Waals surface area contributed by atoms with Crippen LogP contribution in [0.2, 0.25) is 5.02 Å². The summed E-state index contributed by atoms with van der Waals surface area (Å²) in [6.45, 7) is 1.99. The van der Waals surface area contributed by atoms with Gasteiger partial charge < -0.3 is 4.74 Å². The van der Waals surface area contributed by atoms with Crippen molar-refractivity contribution in [2.24, 2.45) is 0 Å². The third-order valence-electron chi connectivity index (χ3n) is 3.86. The van der Waals surface area contributed by atoms with E-state index in [1.165, 1.54) is 25.4 Å². The van der Waals surface area contributed by atoms with E-state index in [1.807, 2.05) is 31.2 Å². The van der Waals surface area contributed by atoms with Crippen LogP contribution in [0, 0.1) is 6.92 Å². The average molecular weight is 389 g/mol. The zero-order valence-electron chi connectivity index (χ0n) is 14.2. The number of anilines is 1. The number of nitrogens with one attached hydrogen (secondary N) is 1. The van der Waals surface area contributed by atoms with E-state index in [9.17, 15) is 8.42 Å². The molecule has 0 spiro atoms. The summed E-state index contributed by atoms with van der Waals surface area (Å²) in [6, 6.07) is 14.0. The summed E-state index contributed by atoms with van der Waals surface area (Å²) in [5, 5.41) is 0.304. The van der Waals surface area contributed by atoms with Gasteiger partial charge in [0.2, 0.25) is 0 Å². The smallest absolute Gasteiger partial charge is 0.265 e. The van der Waals surface area contributed by atoms with Crippen molar-refractivity contribution in [3.8, 4) is 16.9 Å². The van der Waals surface area contributed by atoms with Gasteiger partial charge in [0.25, 0.3) is 10.0 Å². The van der Waals surface area contributed by atoms with Gasteiger partial charge in [0.1, 0.15) is 10.6 Å². The Labute approximate surface area is 157 Å². The van der Waals surface area contributed by atoms with Crippen molar-refractivity contribution < 1.29 is 13.2 Å². The second-order valence-electron chi connectivity index (χ2n) is 5.68. The second kappa shape index (κ2) is 7.35. The number of benzene rings is 2. The van der Waals surface area contributed by atoms with Gasteiger partial charge in [-0.25, -0.2) is 8.42 Å². The molecule has 0 atom stereocenters. The molecule has 3 aromatic rings. The first-order valence-corrected chi connectivity index (χ1v) is 9.64. The molecule has 0 aliphatic heterocycles. The van der Waals surface area contributed by atoms with Crippen LogP contribution in [-0.2, 0) is 10.0 Å². The molecule has 1 N–H and O–H groups in total. The minimum absolute atomic E-state index is 0.0335. The van der Waals surface area contributed by atoms with Crippen molar-refractivity contribution >= 4 is 27.3 Å². The topological polar surface area (TPSA) is 68.3 Å². The number of hydrogen-bond acceptors (Lipinski definition) is 4. The maximum Gasteiger partial charge on any atom is 0.265 e. The van der Waals surface area contributed by atoms with E-state index < -0.39 is 10.0 Å². The minimum Gasteiger partial charge on any atom is -0.495 e. The highest BCUT2D eigenvalue weighted by Gasteiger charge is 2.20. The van der Waals surface area contributed by atoms with E-state index in [0.29, 0.717) is 10.7 Å². The average Bonchev–Trinajstić information content (AvgIpc) is 2.62. The Morgan fingerprint density at radius 3 is 2.58 bits per heavy atom. The monoisotopic (exact) mass is 388 g/mol. The van der Waals surface area contributed by atoms with Gasteiger partial charge in [0.15, 0.2) is 0 Å². The van der Waals surface area contributed by atoms with Gasteiger partial charge in [-0.2, -0.15) is 0 Å². The Hall–Kier alpha value is -2.57. The fourth-order valence-corrected chi connectivity index (χ4v) is 4.08. The zero-order valence-corrected chi connectivity index (χ0v) is 15.8.